The third-order valence-corrected chi connectivity index (χ3v) is 5.73. The summed E-state index contributed by atoms with van der Waals surface area (Å²) in [7, 11) is 0. The molecule has 3 aromatic heterocycles. The van der Waals surface area contributed by atoms with E-state index in [-0.39, 0.29) is 24.0 Å². The summed E-state index contributed by atoms with van der Waals surface area (Å²) < 4.78 is 45.4. The predicted molar refractivity (Wildman–Crippen MR) is 117 cm³/mol. The quantitative estimate of drug-likeness (QED) is 0.427. The molecule has 0 aliphatic carbocycles. The smallest absolute Gasteiger partial charge is 0.381 e. The van der Waals surface area contributed by atoms with Crippen LogP contribution in [-0.4, -0.2) is 42.3 Å². The summed E-state index contributed by atoms with van der Waals surface area (Å²) in [6.07, 6.45) is -2.41. The number of fused-ring (bicyclic) bond motifs is 1. The number of alkyl halides is 3. The number of nitrogens with zero attached hydrogens (tertiary/aromatic N) is 4. The van der Waals surface area contributed by atoms with Crippen LogP contribution in [0.3, 0.4) is 0 Å². The number of nitrogens with one attached hydrogen (secondary N) is 1. The van der Waals surface area contributed by atoms with Gasteiger partial charge in [-0.1, -0.05) is 11.2 Å². The summed E-state index contributed by atoms with van der Waals surface area (Å²) in [5.74, 6) is -0.231. The third-order valence-electron chi connectivity index (χ3n) is 5.73. The molecule has 178 valence electrons. The maximum absolute atomic E-state index is 12.9. The van der Waals surface area contributed by atoms with Gasteiger partial charge in [-0.15, -0.1) is 0 Å². The Morgan fingerprint density at radius 2 is 2.00 bits per heavy atom. The van der Waals surface area contributed by atoms with Crippen molar-refractivity contribution in [3.8, 4) is 11.4 Å². The van der Waals surface area contributed by atoms with Crippen LogP contribution in [0.25, 0.3) is 17.0 Å². The van der Waals surface area contributed by atoms with Crippen LogP contribution in [-0.2, 0) is 6.42 Å². The predicted octanol–water partition coefficient (Wildman–Crippen LogP) is 4.50. The molecule has 0 saturated carbocycles. The lowest BCUT2D eigenvalue weighted by molar-refractivity contribution is -0.255. The summed E-state index contributed by atoms with van der Waals surface area (Å²) >= 11 is 0. The molecule has 11 heteroatoms. The van der Waals surface area contributed by atoms with Crippen molar-refractivity contribution in [2.45, 2.75) is 45.4 Å². The van der Waals surface area contributed by atoms with E-state index in [0.29, 0.717) is 29.5 Å². The fraction of sp³-hybridized carbons (Fsp3) is 0.304. The van der Waals surface area contributed by atoms with E-state index in [1.54, 1.807) is 34.9 Å². The Bertz CT molecular complexity index is 1360. The average Bonchev–Trinajstić information content (AvgIpc) is 3.42. The van der Waals surface area contributed by atoms with Crippen LogP contribution >= 0.6 is 0 Å². The van der Waals surface area contributed by atoms with Crippen molar-refractivity contribution >= 4 is 17.2 Å². The molecule has 1 amide bonds. The fourth-order valence-corrected chi connectivity index (χ4v) is 3.37. The van der Waals surface area contributed by atoms with E-state index in [1.807, 2.05) is 19.9 Å². The average molecular weight is 473 g/mol. The topological polar surface area (TPSA) is 106 Å². The zero-order valence-electron chi connectivity index (χ0n) is 18.6. The Labute approximate surface area is 192 Å². The number of hydrogen-bond acceptors (Lipinski definition) is 6. The number of aliphatic hydroxyl groups is 1. The Hall–Kier alpha value is -3.73. The molecule has 0 aliphatic rings. The van der Waals surface area contributed by atoms with Gasteiger partial charge in [0, 0.05) is 23.9 Å². The maximum Gasteiger partial charge on any atom is 0.416 e. The summed E-state index contributed by atoms with van der Waals surface area (Å²) in [4.78, 5) is 21.3. The fourth-order valence-electron chi connectivity index (χ4n) is 3.37. The molecule has 0 unspecified atom stereocenters. The van der Waals surface area contributed by atoms with Crippen molar-refractivity contribution in [3.05, 3.63) is 65.4 Å². The second-order valence-corrected chi connectivity index (χ2v) is 8.28. The highest BCUT2D eigenvalue weighted by molar-refractivity contribution is 6.04. The summed E-state index contributed by atoms with van der Waals surface area (Å²) in [6, 6.07) is 8.87. The number of amides is 1. The van der Waals surface area contributed by atoms with Crippen LogP contribution in [0.1, 0.15) is 40.9 Å². The standard InChI is InChI=1S/C23H22F3N5O3/c1-13-10-15(20-29-19(34-30-20)7-8-22(3,33)23(24,25)26)11-16(14(13)2)28-21(32)17-12-27-18-6-4-5-9-31(17)18/h4-6,9-12,33H,7-8H2,1-3H3,(H,28,32)/t22-/m1/s1. The molecule has 1 aromatic carbocycles. The highest BCUT2D eigenvalue weighted by atomic mass is 19.4. The molecule has 0 saturated heterocycles. The maximum atomic E-state index is 12.9. The van der Waals surface area contributed by atoms with Crippen molar-refractivity contribution < 1.29 is 27.6 Å². The first kappa shape index (κ1) is 23.4. The molecule has 4 rings (SSSR count). The van der Waals surface area contributed by atoms with Gasteiger partial charge >= 0.3 is 6.18 Å². The van der Waals surface area contributed by atoms with E-state index in [1.165, 1.54) is 6.20 Å². The largest absolute Gasteiger partial charge is 0.416 e. The van der Waals surface area contributed by atoms with Crippen molar-refractivity contribution in [1.29, 1.82) is 0 Å². The van der Waals surface area contributed by atoms with Gasteiger partial charge in [0.05, 0.1) is 6.20 Å². The highest BCUT2D eigenvalue weighted by Crippen LogP contribution is 2.34. The zero-order valence-corrected chi connectivity index (χ0v) is 18.6. The second-order valence-electron chi connectivity index (χ2n) is 8.28. The molecule has 0 radical (unpaired) electrons. The number of anilines is 1. The van der Waals surface area contributed by atoms with Gasteiger partial charge in [-0.25, -0.2) is 4.98 Å². The minimum absolute atomic E-state index is 0.0333. The van der Waals surface area contributed by atoms with Crippen LogP contribution in [0.15, 0.2) is 47.2 Å². The van der Waals surface area contributed by atoms with Gasteiger partial charge in [-0.05, 0) is 62.6 Å². The minimum atomic E-state index is -4.77. The van der Waals surface area contributed by atoms with Crippen LogP contribution in [0.4, 0.5) is 18.9 Å². The van der Waals surface area contributed by atoms with Crippen LogP contribution in [0, 0.1) is 13.8 Å². The van der Waals surface area contributed by atoms with Crippen LogP contribution < -0.4 is 5.32 Å². The van der Waals surface area contributed by atoms with Gasteiger partial charge in [0.2, 0.25) is 11.7 Å². The molecular formula is C23H22F3N5O3. The molecule has 3 heterocycles. The van der Waals surface area contributed by atoms with Gasteiger partial charge in [0.25, 0.3) is 5.91 Å². The number of aryl methyl sites for hydroxylation is 2. The number of rotatable bonds is 6. The first-order valence-electron chi connectivity index (χ1n) is 10.4. The molecular weight excluding hydrogens is 451 g/mol. The number of hydrogen-bond donors (Lipinski definition) is 2. The van der Waals surface area contributed by atoms with E-state index in [0.717, 1.165) is 11.1 Å². The van der Waals surface area contributed by atoms with E-state index in [9.17, 15) is 23.1 Å². The first-order valence-corrected chi connectivity index (χ1v) is 10.4. The van der Waals surface area contributed by atoms with E-state index >= 15 is 0 Å². The number of benzene rings is 1. The lowest BCUT2D eigenvalue weighted by Crippen LogP contribution is -2.42. The van der Waals surface area contributed by atoms with Crippen LogP contribution in [0.5, 0.6) is 0 Å². The van der Waals surface area contributed by atoms with Crippen molar-refractivity contribution in [1.82, 2.24) is 19.5 Å². The number of aromatic nitrogens is 4. The molecule has 1 atom stereocenters. The van der Waals surface area contributed by atoms with Crippen molar-refractivity contribution in [3.63, 3.8) is 0 Å². The van der Waals surface area contributed by atoms with E-state index < -0.39 is 18.2 Å². The molecule has 34 heavy (non-hydrogen) atoms. The lowest BCUT2D eigenvalue weighted by atomic mass is 10.00. The number of carbonyl (C=O) groups is 1. The summed E-state index contributed by atoms with van der Waals surface area (Å²) in [5.41, 5.74) is 0.853. The van der Waals surface area contributed by atoms with Gasteiger partial charge in [-0.3, -0.25) is 9.20 Å². The number of halogens is 3. The molecule has 0 fully saturated rings. The van der Waals surface area contributed by atoms with Crippen molar-refractivity contribution in [2.24, 2.45) is 0 Å². The van der Waals surface area contributed by atoms with Gasteiger partial charge in [0.1, 0.15) is 11.3 Å². The monoisotopic (exact) mass is 473 g/mol. The van der Waals surface area contributed by atoms with Gasteiger partial charge < -0.3 is 14.9 Å². The molecule has 0 spiro atoms. The SMILES string of the molecule is Cc1cc(-c2noc(CC[C@@](C)(O)C(F)(F)F)n2)cc(NC(=O)c2cnc3ccccn23)c1C. The zero-order chi connectivity index (χ0) is 24.7. The van der Waals surface area contributed by atoms with Gasteiger partial charge in [0.15, 0.2) is 5.60 Å². The Kier molecular flexibility index (Phi) is 5.90. The second kappa shape index (κ2) is 8.56. The van der Waals surface area contributed by atoms with Gasteiger partial charge in [-0.2, -0.15) is 18.2 Å². The Morgan fingerprint density at radius 1 is 1.24 bits per heavy atom. The molecule has 0 bridgehead atoms. The van der Waals surface area contributed by atoms with E-state index in [2.05, 4.69) is 20.4 Å². The molecule has 4 aromatic rings. The molecule has 8 nitrogen and oxygen atoms in total. The first-order chi connectivity index (χ1) is 16.0. The third kappa shape index (κ3) is 4.51. The summed E-state index contributed by atoms with van der Waals surface area (Å²) in [6.45, 7) is 4.40. The lowest BCUT2D eigenvalue weighted by Gasteiger charge is -2.25. The summed E-state index contributed by atoms with van der Waals surface area (Å²) in [5, 5.41) is 16.3. The van der Waals surface area contributed by atoms with E-state index in [4.69, 9.17) is 4.52 Å². The molecule has 0 aliphatic heterocycles. The Morgan fingerprint density at radius 3 is 2.74 bits per heavy atom. The normalized spacial score (nSPS) is 13.7. The minimum Gasteiger partial charge on any atom is -0.381 e. The number of imidazole rings is 1. The van der Waals surface area contributed by atoms with Crippen LogP contribution in [0.2, 0.25) is 0 Å². The van der Waals surface area contributed by atoms with Crippen molar-refractivity contribution in [2.75, 3.05) is 5.32 Å². The Balaban J connectivity index is 1.56. The molecule has 2 N–H and O–H groups in total. The number of carbonyl (C=O) groups excluding carboxylic acids is 1. The number of pyridine rings is 1. The highest BCUT2D eigenvalue weighted by Gasteiger charge is 2.49.